The second-order valence-corrected chi connectivity index (χ2v) is 13.5. The van der Waals surface area contributed by atoms with E-state index in [1.807, 2.05) is 6.21 Å². The van der Waals surface area contributed by atoms with Gasteiger partial charge in [-0.1, -0.05) is 121 Å². The molecule has 0 saturated carbocycles. The fourth-order valence-electron chi connectivity index (χ4n) is 7.77. The molecule has 236 valence electrons. The van der Waals surface area contributed by atoms with Crippen LogP contribution in [0.25, 0.3) is 32.7 Å². The topological polar surface area (TPSA) is 15.6 Å². The molecule has 2 nitrogen and oxygen atoms in total. The Hall–Kier alpha value is -5.73. The molecular formula is C47H38N2. The summed E-state index contributed by atoms with van der Waals surface area (Å²) in [6, 6.07) is 40.0. The molecule has 49 heavy (non-hydrogen) atoms. The lowest BCUT2D eigenvalue weighted by Gasteiger charge is -2.33. The molecule has 0 spiro atoms. The van der Waals surface area contributed by atoms with Crippen molar-refractivity contribution in [2.45, 2.75) is 31.6 Å². The smallest absolute Gasteiger partial charge is 0.0475 e. The molecule has 0 aromatic heterocycles. The largest absolute Gasteiger partial charge is 0.315 e. The van der Waals surface area contributed by atoms with E-state index in [-0.39, 0.29) is 0 Å². The Balaban J connectivity index is 1.03. The van der Waals surface area contributed by atoms with E-state index in [2.05, 4.69) is 174 Å². The van der Waals surface area contributed by atoms with Crippen LogP contribution in [-0.4, -0.2) is 6.21 Å². The van der Waals surface area contributed by atoms with Crippen molar-refractivity contribution < 1.29 is 0 Å². The first-order chi connectivity index (χ1) is 24.2. The molecule has 2 atom stereocenters. The number of rotatable bonds is 6. The lowest BCUT2D eigenvalue weighted by atomic mass is 9.83. The summed E-state index contributed by atoms with van der Waals surface area (Å²) >= 11 is 0. The Kier molecular flexibility index (Phi) is 7.63. The van der Waals surface area contributed by atoms with Gasteiger partial charge in [0, 0.05) is 40.8 Å². The van der Waals surface area contributed by atoms with E-state index in [1.165, 1.54) is 72.2 Å². The summed E-state index contributed by atoms with van der Waals surface area (Å²) in [5, 5.41) is 5.14. The number of aliphatic imine (C=N–C) groups is 1. The zero-order valence-corrected chi connectivity index (χ0v) is 27.5. The SMILES string of the molecule is C1=CC2CC(C3=CC=C(N(C4=CC[C@@H](c5ccc6ccccc6c5)C=C4)c4ccc(-c5ccc6ccccc6c5)cc4)CC3)=CC=C2N=C1. The highest BCUT2D eigenvalue weighted by molar-refractivity contribution is 5.87. The highest BCUT2D eigenvalue weighted by Gasteiger charge is 2.24. The molecule has 0 fully saturated rings. The van der Waals surface area contributed by atoms with Crippen molar-refractivity contribution in [3.8, 4) is 11.1 Å². The Bertz CT molecular complexity index is 2340. The molecule has 1 aliphatic heterocycles. The molecule has 0 amide bonds. The van der Waals surface area contributed by atoms with Gasteiger partial charge in [0.15, 0.2) is 0 Å². The van der Waals surface area contributed by atoms with Gasteiger partial charge in [-0.2, -0.15) is 0 Å². The van der Waals surface area contributed by atoms with Gasteiger partial charge in [0.1, 0.15) is 0 Å². The van der Waals surface area contributed by atoms with E-state index in [0.29, 0.717) is 11.8 Å². The summed E-state index contributed by atoms with van der Waals surface area (Å²) in [7, 11) is 0. The van der Waals surface area contributed by atoms with Gasteiger partial charge in [0.25, 0.3) is 0 Å². The van der Waals surface area contributed by atoms with Crippen LogP contribution in [0, 0.1) is 5.92 Å². The van der Waals surface area contributed by atoms with Crippen LogP contribution in [-0.2, 0) is 0 Å². The number of allylic oxidation sites excluding steroid dienone is 12. The first-order valence-corrected chi connectivity index (χ1v) is 17.5. The number of fused-ring (bicyclic) bond motifs is 3. The third kappa shape index (κ3) is 5.85. The van der Waals surface area contributed by atoms with Gasteiger partial charge in [-0.15, -0.1) is 0 Å². The quantitative estimate of drug-likeness (QED) is 0.182. The van der Waals surface area contributed by atoms with Crippen molar-refractivity contribution in [2.75, 3.05) is 4.90 Å². The summed E-state index contributed by atoms with van der Waals surface area (Å²) in [5.41, 5.74) is 11.7. The molecular weight excluding hydrogens is 593 g/mol. The van der Waals surface area contributed by atoms with E-state index in [0.717, 1.165) is 25.7 Å². The minimum absolute atomic E-state index is 0.367. The van der Waals surface area contributed by atoms with E-state index in [9.17, 15) is 0 Å². The van der Waals surface area contributed by atoms with Crippen LogP contribution in [0.2, 0.25) is 0 Å². The zero-order valence-electron chi connectivity index (χ0n) is 27.5. The first-order valence-electron chi connectivity index (χ1n) is 17.5. The maximum atomic E-state index is 4.58. The van der Waals surface area contributed by atoms with Crippen LogP contribution in [0.1, 0.15) is 37.2 Å². The Morgan fingerprint density at radius 1 is 0.592 bits per heavy atom. The van der Waals surface area contributed by atoms with E-state index < -0.39 is 0 Å². The van der Waals surface area contributed by atoms with Crippen LogP contribution >= 0.6 is 0 Å². The van der Waals surface area contributed by atoms with Gasteiger partial charge in [0.05, 0.1) is 0 Å². The molecule has 1 unspecified atom stereocenters. The van der Waals surface area contributed by atoms with Crippen molar-refractivity contribution >= 4 is 33.4 Å². The molecule has 1 heterocycles. The van der Waals surface area contributed by atoms with Crippen molar-refractivity contribution in [1.29, 1.82) is 0 Å². The zero-order chi connectivity index (χ0) is 32.6. The lowest BCUT2D eigenvalue weighted by molar-refractivity contribution is 0.713. The number of nitrogens with zero attached hydrogens (tertiary/aromatic N) is 2. The van der Waals surface area contributed by atoms with Crippen LogP contribution in [0.4, 0.5) is 5.69 Å². The molecule has 2 heteroatoms. The summed E-state index contributed by atoms with van der Waals surface area (Å²) in [6.45, 7) is 0. The van der Waals surface area contributed by atoms with Gasteiger partial charge in [-0.3, -0.25) is 4.99 Å². The van der Waals surface area contributed by atoms with E-state index in [1.54, 1.807) is 0 Å². The maximum Gasteiger partial charge on any atom is 0.0475 e. The van der Waals surface area contributed by atoms with E-state index in [4.69, 9.17) is 0 Å². The maximum absolute atomic E-state index is 4.58. The number of benzene rings is 5. The number of hydrogen-bond donors (Lipinski definition) is 0. The van der Waals surface area contributed by atoms with Crippen LogP contribution in [0.5, 0.6) is 0 Å². The van der Waals surface area contributed by atoms with Crippen LogP contribution < -0.4 is 4.90 Å². The summed E-state index contributed by atoms with van der Waals surface area (Å²) in [6.07, 6.45) is 26.7. The highest BCUT2D eigenvalue weighted by atomic mass is 15.2. The third-order valence-corrected chi connectivity index (χ3v) is 10.5. The standard InChI is InChI=1S/C47H38N2/c1-3-8-38-30-40(13-11-33(38)6-1)35-15-22-44(23-16-35)49(45-24-17-36(18-25-45)41-14-12-34-7-2-4-9-39(34)31-41)46-26-19-37(20-27-46)42-21-28-47-43(32-42)10-5-29-48-47/h1-17,19,21-26,28-31,36,43H,18,20,27,32H2/t36-,43?/m0/s1. The number of anilines is 1. The molecule has 9 rings (SSSR count). The summed E-state index contributed by atoms with van der Waals surface area (Å²) in [4.78, 5) is 7.06. The van der Waals surface area contributed by atoms with Crippen molar-refractivity contribution in [2.24, 2.45) is 10.9 Å². The molecule has 5 aromatic rings. The average molecular weight is 631 g/mol. The van der Waals surface area contributed by atoms with Gasteiger partial charge in [-0.25, -0.2) is 0 Å². The fraction of sp³-hybridized carbons (Fsp3) is 0.128. The second kappa shape index (κ2) is 12.7. The molecule has 0 N–H and O–H groups in total. The van der Waals surface area contributed by atoms with Gasteiger partial charge >= 0.3 is 0 Å². The number of hydrogen-bond acceptors (Lipinski definition) is 2. The Morgan fingerprint density at radius 3 is 2.08 bits per heavy atom. The molecule has 4 aliphatic rings. The highest BCUT2D eigenvalue weighted by Crippen LogP contribution is 2.40. The van der Waals surface area contributed by atoms with Crippen LogP contribution in [0.15, 0.2) is 197 Å². The van der Waals surface area contributed by atoms with Gasteiger partial charge < -0.3 is 4.90 Å². The summed E-state index contributed by atoms with van der Waals surface area (Å²) in [5.74, 6) is 0.758. The van der Waals surface area contributed by atoms with Crippen LogP contribution in [0.3, 0.4) is 0 Å². The van der Waals surface area contributed by atoms with Gasteiger partial charge in [0.2, 0.25) is 0 Å². The minimum atomic E-state index is 0.367. The fourth-order valence-corrected chi connectivity index (χ4v) is 7.77. The molecule has 0 bridgehead atoms. The minimum Gasteiger partial charge on any atom is -0.315 e. The monoisotopic (exact) mass is 630 g/mol. The predicted octanol–water partition coefficient (Wildman–Crippen LogP) is 12.2. The molecule has 3 aliphatic carbocycles. The van der Waals surface area contributed by atoms with Crippen molar-refractivity contribution in [1.82, 2.24) is 0 Å². The van der Waals surface area contributed by atoms with Crippen molar-refractivity contribution in [3.63, 3.8) is 0 Å². The lowest BCUT2D eigenvalue weighted by Crippen LogP contribution is -2.23. The van der Waals surface area contributed by atoms with E-state index >= 15 is 0 Å². The molecule has 0 radical (unpaired) electrons. The average Bonchev–Trinajstić information content (AvgIpc) is 3.18. The first kappa shape index (κ1) is 29.4. The molecule has 0 saturated heterocycles. The third-order valence-electron chi connectivity index (χ3n) is 10.5. The number of dihydropyridines is 1. The second-order valence-electron chi connectivity index (χ2n) is 13.5. The normalized spacial score (nSPS) is 19.9. The predicted molar refractivity (Wildman–Crippen MR) is 208 cm³/mol. The summed E-state index contributed by atoms with van der Waals surface area (Å²) < 4.78 is 0. The van der Waals surface area contributed by atoms with Gasteiger partial charge in [-0.05, 0) is 118 Å². The molecule has 5 aromatic carbocycles. The Morgan fingerprint density at radius 2 is 1.33 bits per heavy atom. The Labute approximate surface area is 288 Å². The van der Waals surface area contributed by atoms with Crippen molar-refractivity contribution in [3.05, 3.63) is 198 Å².